The zero-order valence-electron chi connectivity index (χ0n) is 10.4. The Labute approximate surface area is 110 Å². The van der Waals surface area contributed by atoms with Gasteiger partial charge in [-0.1, -0.05) is 5.21 Å². The molecule has 8 nitrogen and oxygen atoms in total. The average molecular weight is 282 g/mol. The molecule has 3 heterocycles. The van der Waals surface area contributed by atoms with Crippen molar-refractivity contribution in [1.29, 1.82) is 0 Å². The van der Waals surface area contributed by atoms with Gasteiger partial charge in [-0.05, 0) is 0 Å². The van der Waals surface area contributed by atoms with Gasteiger partial charge in [-0.15, -0.1) is 5.10 Å². The molecule has 19 heavy (non-hydrogen) atoms. The van der Waals surface area contributed by atoms with Crippen LogP contribution in [0.1, 0.15) is 0 Å². The highest BCUT2D eigenvalue weighted by molar-refractivity contribution is 7.89. The van der Waals surface area contributed by atoms with Crippen LogP contribution < -0.4 is 0 Å². The summed E-state index contributed by atoms with van der Waals surface area (Å²) in [5.41, 5.74) is 0. The van der Waals surface area contributed by atoms with E-state index in [0.29, 0.717) is 19.6 Å². The third-order valence-electron chi connectivity index (χ3n) is 3.16. The van der Waals surface area contributed by atoms with Gasteiger partial charge in [-0.3, -0.25) is 9.36 Å². The largest absolute Gasteiger partial charge is 0.274 e. The minimum atomic E-state index is -3.39. The second-order valence-electron chi connectivity index (χ2n) is 4.66. The summed E-state index contributed by atoms with van der Waals surface area (Å²) in [6.07, 6.45) is 6.28. The predicted molar refractivity (Wildman–Crippen MR) is 65.5 cm³/mol. The summed E-state index contributed by atoms with van der Waals surface area (Å²) >= 11 is 0. The number of nitrogens with zero attached hydrogens (tertiary/aromatic N) is 6. The SMILES string of the molecule is Cn1cc(S(=O)(=O)N2CC(Cn3ccnn3)C2)cn1. The van der Waals surface area contributed by atoms with E-state index in [0.717, 1.165) is 0 Å². The molecule has 0 spiro atoms. The molecule has 9 heteroatoms. The van der Waals surface area contributed by atoms with E-state index in [9.17, 15) is 8.42 Å². The number of aromatic nitrogens is 5. The molecule has 1 aliphatic rings. The molecule has 102 valence electrons. The highest BCUT2D eigenvalue weighted by atomic mass is 32.2. The van der Waals surface area contributed by atoms with Crippen LogP contribution in [0.5, 0.6) is 0 Å². The number of hydrogen-bond acceptors (Lipinski definition) is 5. The quantitative estimate of drug-likeness (QED) is 0.742. The number of hydrogen-bond donors (Lipinski definition) is 0. The summed E-state index contributed by atoms with van der Waals surface area (Å²) in [7, 11) is -1.69. The van der Waals surface area contributed by atoms with Gasteiger partial charge < -0.3 is 0 Å². The van der Waals surface area contributed by atoms with Crippen molar-refractivity contribution in [1.82, 2.24) is 29.1 Å². The lowest BCUT2D eigenvalue weighted by molar-refractivity contribution is 0.174. The summed E-state index contributed by atoms with van der Waals surface area (Å²) in [6, 6.07) is 0. The van der Waals surface area contributed by atoms with Gasteiger partial charge in [-0.2, -0.15) is 9.40 Å². The van der Waals surface area contributed by atoms with Crippen molar-refractivity contribution in [3.05, 3.63) is 24.8 Å². The maximum atomic E-state index is 12.2. The van der Waals surface area contributed by atoms with E-state index < -0.39 is 10.0 Å². The van der Waals surface area contributed by atoms with Gasteiger partial charge in [0, 0.05) is 45.0 Å². The van der Waals surface area contributed by atoms with E-state index >= 15 is 0 Å². The summed E-state index contributed by atoms with van der Waals surface area (Å²) in [4.78, 5) is 0.245. The molecule has 0 atom stereocenters. The highest BCUT2D eigenvalue weighted by Crippen LogP contribution is 2.25. The molecule has 1 aliphatic heterocycles. The standard InChI is InChI=1S/C10H14N6O2S/c1-14-8-10(4-12-14)19(17,18)16-6-9(7-16)5-15-3-2-11-13-15/h2-4,8-9H,5-7H2,1H3. The number of rotatable bonds is 4. The zero-order valence-corrected chi connectivity index (χ0v) is 11.2. The molecule has 0 unspecified atom stereocenters. The molecule has 2 aromatic rings. The van der Waals surface area contributed by atoms with Crippen molar-refractivity contribution in [3.63, 3.8) is 0 Å². The molecule has 0 saturated carbocycles. The third kappa shape index (κ3) is 2.26. The van der Waals surface area contributed by atoms with Crippen LogP contribution in [0.2, 0.25) is 0 Å². The Balaban J connectivity index is 1.64. The Hall–Kier alpha value is -1.74. The fourth-order valence-corrected chi connectivity index (χ4v) is 3.69. The van der Waals surface area contributed by atoms with Crippen molar-refractivity contribution in [2.45, 2.75) is 11.4 Å². The molecular weight excluding hydrogens is 268 g/mol. The molecule has 1 fully saturated rings. The van der Waals surface area contributed by atoms with Gasteiger partial charge in [0.25, 0.3) is 0 Å². The molecule has 0 aromatic carbocycles. The molecule has 0 radical (unpaired) electrons. The maximum Gasteiger partial charge on any atom is 0.246 e. The first kappa shape index (κ1) is 12.3. The Bertz CT molecular complexity index is 656. The smallest absolute Gasteiger partial charge is 0.246 e. The minimum Gasteiger partial charge on any atom is -0.274 e. The zero-order chi connectivity index (χ0) is 13.5. The van der Waals surface area contributed by atoms with Crippen LogP contribution in [0, 0.1) is 5.92 Å². The van der Waals surface area contributed by atoms with E-state index in [2.05, 4.69) is 15.4 Å². The second kappa shape index (κ2) is 4.42. The average Bonchev–Trinajstić information content (AvgIpc) is 2.93. The normalized spacial score (nSPS) is 17.5. The van der Waals surface area contributed by atoms with E-state index in [-0.39, 0.29) is 10.8 Å². The van der Waals surface area contributed by atoms with Crippen LogP contribution in [-0.4, -0.2) is 50.6 Å². The summed E-state index contributed by atoms with van der Waals surface area (Å²) in [5.74, 6) is 0.285. The minimum absolute atomic E-state index is 0.245. The van der Waals surface area contributed by atoms with Crippen molar-refractivity contribution in [3.8, 4) is 0 Å². The Morgan fingerprint density at radius 1 is 1.42 bits per heavy atom. The van der Waals surface area contributed by atoms with Crippen molar-refractivity contribution in [2.75, 3.05) is 13.1 Å². The molecule has 1 saturated heterocycles. The summed E-state index contributed by atoms with van der Waals surface area (Å²) in [6.45, 7) is 1.72. The first-order valence-corrected chi connectivity index (χ1v) is 7.32. The fourth-order valence-electron chi connectivity index (χ4n) is 2.11. The Kier molecular flexibility index (Phi) is 2.86. The van der Waals surface area contributed by atoms with E-state index in [1.165, 1.54) is 21.4 Å². The Morgan fingerprint density at radius 2 is 2.21 bits per heavy atom. The van der Waals surface area contributed by atoms with E-state index in [1.54, 1.807) is 24.1 Å². The molecule has 0 bridgehead atoms. The lowest BCUT2D eigenvalue weighted by Gasteiger charge is -2.37. The van der Waals surface area contributed by atoms with Crippen molar-refractivity contribution in [2.24, 2.45) is 13.0 Å². The monoisotopic (exact) mass is 282 g/mol. The van der Waals surface area contributed by atoms with Crippen LogP contribution >= 0.6 is 0 Å². The topological polar surface area (TPSA) is 85.9 Å². The molecule has 2 aromatic heterocycles. The molecule has 0 aliphatic carbocycles. The van der Waals surface area contributed by atoms with Gasteiger partial charge in [-0.25, -0.2) is 8.42 Å². The highest BCUT2D eigenvalue weighted by Gasteiger charge is 2.37. The predicted octanol–water partition coefficient (Wildman–Crippen LogP) is -0.668. The third-order valence-corrected chi connectivity index (χ3v) is 4.94. The first-order valence-electron chi connectivity index (χ1n) is 5.88. The molecule has 0 N–H and O–H groups in total. The molecule has 3 rings (SSSR count). The van der Waals surface area contributed by atoms with Gasteiger partial charge in [0.15, 0.2) is 0 Å². The second-order valence-corrected chi connectivity index (χ2v) is 6.60. The van der Waals surface area contributed by atoms with Gasteiger partial charge in [0.2, 0.25) is 10.0 Å². The van der Waals surface area contributed by atoms with Crippen molar-refractivity contribution < 1.29 is 8.42 Å². The van der Waals surface area contributed by atoms with Crippen LogP contribution in [0.3, 0.4) is 0 Å². The number of sulfonamides is 1. The van der Waals surface area contributed by atoms with E-state index in [1.807, 2.05) is 0 Å². The lowest BCUT2D eigenvalue weighted by Crippen LogP contribution is -2.51. The Morgan fingerprint density at radius 3 is 2.79 bits per heavy atom. The van der Waals surface area contributed by atoms with Gasteiger partial charge in [0.1, 0.15) is 4.90 Å². The van der Waals surface area contributed by atoms with Crippen LogP contribution in [0.4, 0.5) is 0 Å². The summed E-state index contributed by atoms with van der Waals surface area (Å²) in [5, 5.41) is 11.5. The van der Waals surface area contributed by atoms with Crippen molar-refractivity contribution >= 4 is 10.0 Å². The van der Waals surface area contributed by atoms with Crippen LogP contribution in [0.15, 0.2) is 29.7 Å². The molecular formula is C10H14N6O2S. The molecule has 0 amide bonds. The summed E-state index contributed by atoms with van der Waals surface area (Å²) < 4.78 is 29.1. The van der Waals surface area contributed by atoms with Crippen LogP contribution in [0.25, 0.3) is 0 Å². The maximum absolute atomic E-state index is 12.2. The van der Waals surface area contributed by atoms with Gasteiger partial charge in [0.05, 0.1) is 12.4 Å². The van der Waals surface area contributed by atoms with E-state index in [4.69, 9.17) is 0 Å². The number of aryl methyl sites for hydroxylation is 1. The lowest BCUT2D eigenvalue weighted by atomic mass is 10.0. The van der Waals surface area contributed by atoms with Crippen LogP contribution in [-0.2, 0) is 23.6 Å². The van der Waals surface area contributed by atoms with Gasteiger partial charge >= 0.3 is 0 Å². The fraction of sp³-hybridized carbons (Fsp3) is 0.500. The first-order chi connectivity index (χ1) is 9.05.